The van der Waals surface area contributed by atoms with E-state index in [1.54, 1.807) is 0 Å². The first-order valence-corrected chi connectivity index (χ1v) is 6.47. The van der Waals surface area contributed by atoms with Crippen molar-refractivity contribution in [3.05, 3.63) is 0 Å². The molecule has 92 valence electrons. The SMILES string of the molecule is CCC(CC)(C(=O)NCC1CC1C)C(N)=S. The summed E-state index contributed by atoms with van der Waals surface area (Å²) in [6.45, 7) is 6.89. The van der Waals surface area contributed by atoms with E-state index in [4.69, 9.17) is 18.0 Å². The minimum absolute atomic E-state index is 0.00380. The van der Waals surface area contributed by atoms with Crippen LogP contribution in [0.3, 0.4) is 0 Å². The van der Waals surface area contributed by atoms with Crippen LogP contribution >= 0.6 is 12.2 Å². The third-order valence-electron chi connectivity index (χ3n) is 3.91. The molecule has 3 nitrogen and oxygen atoms in total. The van der Waals surface area contributed by atoms with Crippen LogP contribution in [-0.4, -0.2) is 17.4 Å². The Labute approximate surface area is 103 Å². The second-order valence-electron chi connectivity index (χ2n) is 4.84. The van der Waals surface area contributed by atoms with Gasteiger partial charge in [0.1, 0.15) is 0 Å². The van der Waals surface area contributed by atoms with Crippen molar-refractivity contribution >= 4 is 23.1 Å². The zero-order chi connectivity index (χ0) is 12.3. The van der Waals surface area contributed by atoms with Crippen molar-refractivity contribution in [3.8, 4) is 0 Å². The summed E-state index contributed by atoms with van der Waals surface area (Å²) in [5.74, 6) is 1.41. The van der Waals surface area contributed by atoms with Crippen LogP contribution in [0, 0.1) is 17.3 Å². The van der Waals surface area contributed by atoms with Gasteiger partial charge < -0.3 is 11.1 Å². The number of nitrogens with one attached hydrogen (secondary N) is 1. The number of nitrogens with two attached hydrogens (primary N) is 1. The van der Waals surface area contributed by atoms with E-state index in [9.17, 15) is 4.79 Å². The molecule has 4 heteroatoms. The van der Waals surface area contributed by atoms with Gasteiger partial charge >= 0.3 is 0 Å². The number of amides is 1. The highest BCUT2D eigenvalue weighted by atomic mass is 32.1. The molecule has 3 N–H and O–H groups in total. The van der Waals surface area contributed by atoms with Crippen LogP contribution in [0.1, 0.15) is 40.0 Å². The second kappa shape index (κ2) is 5.13. The molecule has 0 heterocycles. The first-order chi connectivity index (χ1) is 7.47. The molecule has 0 saturated heterocycles. The van der Waals surface area contributed by atoms with Crippen molar-refractivity contribution in [2.24, 2.45) is 23.0 Å². The number of carbonyl (C=O) groups excluding carboxylic acids is 1. The average molecular weight is 242 g/mol. The molecule has 0 aromatic rings. The number of hydrogen-bond acceptors (Lipinski definition) is 2. The molecule has 16 heavy (non-hydrogen) atoms. The zero-order valence-electron chi connectivity index (χ0n) is 10.4. The Morgan fingerprint density at radius 3 is 2.31 bits per heavy atom. The number of carbonyl (C=O) groups is 1. The standard InChI is InChI=1S/C12H22N2OS/c1-4-12(5-2,10(13)16)11(15)14-7-9-6-8(9)3/h8-9H,4-7H2,1-3H3,(H2,13,16)(H,14,15). The molecule has 1 aliphatic rings. The Morgan fingerprint density at radius 1 is 1.50 bits per heavy atom. The molecule has 0 aliphatic heterocycles. The van der Waals surface area contributed by atoms with Crippen molar-refractivity contribution in [2.75, 3.05) is 6.54 Å². The Hall–Kier alpha value is -0.640. The van der Waals surface area contributed by atoms with Crippen LogP contribution in [0.4, 0.5) is 0 Å². The van der Waals surface area contributed by atoms with Crippen LogP contribution in [0.25, 0.3) is 0 Å². The quantitative estimate of drug-likeness (QED) is 0.699. The first-order valence-electron chi connectivity index (χ1n) is 6.06. The Kier molecular flexibility index (Phi) is 4.30. The molecule has 1 rings (SSSR count). The third kappa shape index (κ3) is 2.54. The highest BCUT2D eigenvalue weighted by molar-refractivity contribution is 7.80. The number of hydrogen-bond donors (Lipinski definition) is 2. The van der Waals surface area contributed by atoms with Crippen LogP contribution < -0.4 is 11.1 Å². The van der Waals surface area contributed by atoms with Crippen molar-refractivity contribution in [2.45, 2.75) is 40.0 Å². The lowest BCUT2D eigenvalue weighted by molar-refractivity contribution is -0.127. The van der Waals surface area contributed by atoms with Gasteiger partial charge in [0.15, 0.2) is 0 Å². The normalized spacial score (nSPS) is 23.9. The maximum atomic E-state index is 12.1. The second-order valence-corrected chi connectivity index (χ2v) is 5.28. The fraction of sp³-hybridized carbons (Fsp3) is 0.833. The summed E-state index contributed by atoms with van der Waals surface area (Å²) in [5, 5.41) is 2.99. The summed E-state index contributed by atoms with van der Waals surface area (Å²) >= 11 is 5.04. The van der Waals surface area contributed by atoms with Gasteiger partial charge in [-0.15, -0.1) is 0 Å². The van der Waals surface area contributed by atoms with Gasteiger partial charge in [0, 0.05) is 6.54 Å². The maximum absolute atomic E-state index is 12.1. The Balaban J connectivity index is 2.56. The van der Waals surface area contributed by atoms with E-state index in [2.05, 4.69) is 12.2 Å². The lowest BCUT2D eigenvalue weighted by Gasteiger charge is -2.28. The lowest BCUT2D eigenvalue weighted by atomic mass is 9.81. The van der Waals surface area contributed by atoms with Crippen LogP contribution in [0.5, 0.6) is 0 Å². The van der Waals surface area contributed by atoms with Crippen molar-refractivity contribution in [1.82, 2.24) is 5.32 Å². The van der Waals surface area contributed by atoms with Gasteiger partial charge in [0.2, 0.25) is 5.91 Å². The molecule has 2 atom stereocenters. The molecule has 0 radical (unpaired) electrons. The molecule has 2 unspecified atom stereocenters. The minimum Gasteiger partial charge on any atom is -0.392 e. The predicted molar refractivity (Wildman–Crippen MR) is 70.1 cm³/mol. The topological polar surface area (TPSA) is 55.1 Å². The summed E-state index contributed by atoms with van der Waals surface area (Å²) in [5.41, 5.74) is 5.07. The molecule has 0 aromatic carbocycles. The maximum Gasteiger partial charge on any atom is 0.233 e. The zero-order valence-corrected chi connectivity index (χ0v) is 11.2. The third-order valence-corrected chi connectivity index (χ3v) is 4.31. The predicted octanol–water partition coefficient (Wildman–Crippen LogP) is 1.85. The average Bonchev–Trinajstić information content (AvgIpc) is 2.94. The Morgan fingerprint density at radius 2 is 2.00 bits per heavy atom. The molecule has 1 aliphatic carbocycles. The van der Waals surface area contributed by atoms with E-state index >= 15 is 0 Å². The van der Waals surface area contributed by atoms with Gasteiger partial charge in [-0.25, -0.2) is 0 Å². The number of thiocarbonyl (C=S) groups is 1. The smallest absolute Gasteiger partial charge is 0.233 e. The van der Waals surface area contributed by atoms with Crippen LogP contribution in [0.2, 0.25) is 0 Å². The molecule has 0 aromatic heterocycles. The van der Waals surface area contributed by atoms with Crippen molar-refractivity contribution < 1.29 is 4.79 Å². The van der Waals surface area contributed by atoms with E-state index in [1.165, 1.54) is 6.42 Å². The fourth-order valence-electron chi connectivity index (χ4n) is 2.11. The summed E-state index contributed by atoms with van der Waals surface area (Å²) in [6, 6.07) is 0. The fourth-order valence-corrected chi connectivity index (χ4v) is 2.49. The summed E-state index contributed by atoms with van der Waals surface area (Å²) in [6.07, 6.45) is 2.56. The minimum atomic E-state index is -0.645. The lowest BCUT2D eigenvalue weighted by Crippen LogP contribution is -2.48. The van der Waals surface area contributed by atoms with Gasteiger partial charge in [-0.1, -0.05) is 33.0 Å². The van der Waals surface area contributed by atoms with E-state index < -0.39 is 5.41 Å². The van der Waals surface area contributed by atoms with Gasteiger partial charge in [0.05, 0.1) is 10.4 Å². The highest BCUT2D eigenvalue weighted by Crippen LogP contribution is 2.37. The molecule has 1 fully saturated rings. The monoisotopic (exact) mass is 242 g/mol. The van der Waals surface area contributed by atoms with E-state index in [0.29, 0.717) is 23.7 Å². The van der Waals surface area contributed by atoms with Crippen LogP contribution in [0.15, 0.2) is 0 Å². The van der Waals surface area contributed by atoms with Crippen LogP contribution in [-0.2, 0) is 4.79 Å². The summed E-state index contributed by atoms with van der Waals surface area (Å²) in [4.78, 5) is 12.4. The van der Waals surface area contributed by atoms with Gasteiger partial charge in [0.25, 0.3) is 0 Å². The first kappa shape index (κ1) is 13.4. The molecule has 0 bridgehead atoms. The van der Waals surface area contributed by atoms with E-state index in [1.807, 2.05) is 13.8 Å². The van der Waals surface area contributed by atoms with Crippen molar-refractivity contribution in [1.29, 1.82) is 0 Å². The van der Waals surface area contributed by atoms with E-state index in [-0.39, 0.29) is 5.91 Å². The largest absolute Gasteiger partial charge is 0.392 e. The van der Waals surface area contributed by atoms with Crippen molar-refractivity contribution in [3.63, 3.8) is 0 Å². The van der Waals surface area contributed by atoms with Gasteiger partial charge in [-0.05, 0) is 31.1 Å². The summed E-state index contributed by atoms with van der Waals surface area (Å²) < 4.78 is 0. The van der Waals surface area contributed by atoms with E-state index in [0.717, 1.165) is 12.5 Å². The molecule has 0 spiro atoms. The highest BCUT2D eigenvalue weighted by Gasteiger charge is 2.39. The summed E-state index contributed by atoms with van der Waals surface area (Å²) in [7, 11) is 0. The number of rotatable bonds is 6. The molecular formula is C12H22N2OS. The van der Waals surface area contributed by atoms with Gasteiger partial charge in [-0.2, -0.15) is 0 Å². The molecule has 1 amide bonds. The molecule has 1 saturated carbocycles. The Bertz CT molecular complexity index is 287. The molecular weight excluding hydrogens is 220 g/mol. The van der Waals surface area contributed by atoms with Gasteiger partial charge in [-0.3, -0.25) is 4.79 Å².